The standard InChI is InChI=1S/C16H14N4O3S/c1-3-10-4-5-13-12(6-10)14(21)11(8-23-13)7-17-19-16(22)15-9(2)18-20-24-15/h4-8H,3H2,1-2H3,(H,19,22)/b17-7+. The number of carbonyl (C=O) groups is 1. The first-order chi connectivity index (χ1) is 11.6. The van der Waals surface area contributed by atoms with Gasteiger partial charge in [-0.1, -0.05) is 17.5 Å². The normalized spacial score (nSPS) is 11.2. The smallest absolute Gasteiger partial charge is 0.285 e. The number of hydrogen-bond acceptors (Lipinski definition) is 7. The lowest BCUT2D eigenvalue weighted by Crippen LogP contribution is -2.18. The highest BCUT2D eigenvalue weighted by Gasteiger charge is 2.12. The Labute approximate surface area is 141 Å². The highest BCUT2D eigenvalue weighted by Crippen LogP contribution is 2.14. The molecule has 2 aromatic heterocycles. The first-order valence-corrected chi connectivity index (χ1v) is 8.04. The van der Waals surface area contributed by atoms with Crippen LogP contribution in [0.1, 0.15) is 33.4 Å². The monoisotopic (exact) mass is 342 g/mol. The highest BCUT2D eigenvalue weighted by atomic mass is 32.1. The molecule has 0 spiro atoms. The molecule has 0 radical (unpaired) electrons. The first-order valence-electron chi connectivity index (χ1n) is 7.27. The number of carbonyl (C=O) groups excluding carboxylic acids is 1. The fourth-order valence-electron chi connectivity index (χ4n) is 2.15. The molecule has 0 unspecified atom stereocenters. The maximum Gasteiger partial charge on any atom is 0.285 e. The predicted molar refractivity (Wildman–Crippen MR) is 91.6 cm³/mol. The quantitative estimate of drug-likeness (QED) is 0.579. The largest absolute Gasteiger partial charge is 0.463 e. The molecule has 2 heterocycles. The minimum Gasteiger partial charge on any atom is -0.463 e. The second-order valence-electron chi connectivity index (χ2n) is 5.09. The van der Waals surface area contributed by atoms with Gasteiger partial charge in [-0.05, 0) is 42.6 Å². The van der Waals surface area contributed by atoms with Gasteiger partial charge >= 0.3 is 0 Å². The maximum absolute atomic E-state index is 12.5. The van der Waals surface area contributed by atoms with Crippen molar-refractivity contribution in [1.82, 2.24) is 15.0 Å². The zero-order valence-corrected chi connectivity index (χ0v) is 13.9. The average molecular weight is 342 g/mol. The molecule has 0 aliphatic rings. The van der Waals surface area contributed by atoms with E-state index < -0.39 is 5.91 Å². The van der Waals surface area contributed by atoms with Crippen LogP contribution in [0.5, 0.6) is 0 Å². The van der Waals surface area contributed by atoms with Crippen LogP contribution in [0.4, 0.5) is 0 Å². The van der Waals surface area contributed by atoms with Gasteiger partial charge in [0.15, 0.2) is 0 Å². The molecule has 24 heavy (non-hydrogen) atoms. The number of fused-ring (bicyclic) bond motifs is 1. The summed E-state index contributed by atoms with van der Waals surface area (Å²) in [4.78, 5) is 24.8. The summed E-state index contributed by atoms with van der Waals surface area (Å²) in [6.07, 6.45) is 3.42. The number of hydrogen-bond donors (Lipinski definition) is 1. The van der Waals surface area contributed by atoms with Crippen molar-refractivity contribution >= 4 is 34.6 Å². The van der Waals surface area contributed by atoms with Crippen LogP contribution in [0.15, 0.2) is 38.8 Å². The first kappa shape index (κ1) is 16.0. The lowest BCUT2D eigenvalue weighted by atomic mass is 10.1. The van der Waals surface area contributed by atoms with E-state index in [0.29, 0.717) is 21.5 Å². The van der Waals surface area contributed by atoms with Crippen molar-refractivity contribution in [2.24, 2.45) is 5.10 Å². The molecule has 0 fully saturated rings. The van der Waals surface area contributed by atoms with Crippen LogP contribution < -0.4 is 10.9 Å². The molecule has 3 rings (SSSR count). The lowest BCUT2D eigenvalue weighted by Gasteiger charge is -2.01. The number of amides is 1. The topological polar surface area (TPSA) is 97.5 Å². The van der Waals surface area contributed by atoms with Crippen LogP contribution in [0.25, 0.3) is 11.0 Å². The number of nitrogens with one attached hydrogen (secondary N) is 1. The summed E-state index contributed by atoms with van der Waals surface area (Å²) < 4.78 is 9.14. The summed E-state index contributed by atoms with van der Waals surface area (Å²) in [7, 11) is 0. The van der Waals surface area contributed by atoms with Gasteiger partial charge in [-0.2, -0.15) is 5.10 Å². The third-order valence-corrected chi connectivity index (χ3v) is 4.33. The number of hydrazone groups is 1. The summed E-state index contributed by atoms with van der Waals surface area (Å²) in [5, 5.41) is 8.07. The molecule has 1 N–H and O–H groups in total. The van der Waals surface area contributed by atoms with Crippen LogP contribution in [0.3, 0.4) is 0 Å². The number of nitrogens with zero attached hydrogens (tertiary/aromatic N) is 3. The predicted octanol–water partition coefficient (Wildman–Crippen LogP) is 2.28. The van der Waals surface area contributed by atoms with Crippen molar-refractivity contribution in [2.75, 3.05) is 0 Å². The minimum atomic E-state index is -0.419. The Morgan fingerprint density at radius 2 is 2.29 bits per heavy atom. The molecule has 3 aromatic rings. The molecule has 8 heteroatoms. The molecule has 0 aliphatic carbocycles. The van der Waals surface area contributed by atoms with E-state index in [1.54, 1.807) is 13.0 Å². The van der Waals surface area contributed by atoms with Gasteiger partial charge < -0.3 is 4.42 Å². The zero-order valence-electron chi connectivity index (χ0n) is 13.1. The van der Waals surface area contributed by atoms with Crippen molar-refractivity contribution in [3.05, 3.63) is 56.4 Å². The van der Waals surface area contributed by atoms with Gasteiger partial charge in [-0.15, -0.1) is 5.10 Å². The van der Waals surface area contributed by atoms with Crippen LogP contribution in [0, 0.1) is 6.92 Å². The fraction of sp³-hybridized carbons (Fsp3) is 0.188. The highest BCUT2D eigenvalue weighted by molar-refractivity contribution is 7.07. The Morgan fingerprint density at radius 1 is 1.46 bits per heavy atom. The fourth-order valence-corrected chi connectivity index (χ4v) is 2.70. The summed E-state index contributed by atoms with van der Waals surface area (Å²) in [6, 6.07) is 5.51. The van der Waals surface area contributed by atoms with E-state index in [1.165, 1.54) is 12.5 Å². The van der Waals surface area contributed by atoms with Gasteiger partial charge in [0.1, 0.15) is 16.7 Å². The molecule has 122 valence electrons. The third kappa shape index (κ3) is 3.09. The van der Waals surface area contributed by atoms with Crippen molar-refractivity contribution < 1.29 is 9.21 Å². The zero-order chi connectivity index (χ0) is 17.1. The Morgan fingerprint density at radius 3 is 3.00 bits per heavy atom. The summed E-state index contributed by atoms with van der Waals surface area (Å²) in [6.45, 7) is 3.70. The number of rotatable bonds is 4. The second kappa shape index (κ2) is 6.71. The van der Waals surface area contributed by atoms with E-state index in [1.807, 2.05) is 19.1 Å². The summed E-state index contributed by atoms with van der Waals surface area (Å²) >= 11 is 0.986. The van der Waals surface area contributed by atoms with Crippen molar-refractivity contribution in [1.29, 1.82) is 0 Å². The van der Waals surface area contributed by atoms with Crippen LogP contribution in [-0.4, -0.2) is 21.7 Å². The van der Waals surface area contributed by atoms with E-state index in [9.17, 15) is 9.59 Å². The molecule has 1 amide bonds. The summed E-state index contributed by atoms with van der Waals surface area (Å²) in [5.41, 5.74) is 4.52. The molecule has 0 aliphatic heterocycles. The van der Waals surface area contributed by atoms with Gasteiger partial charge in [0.2, 0.25) is 5.43 Å². The SMILES string of the molecule is CCc1ccc2occ(/C=N/NC(=O)c3snnc3C)c(=O)c2c1. The Kier molecular flexibility index (Phi) is 4.48. The van der Waals surface area contributed by atoms with Gasteiger partial charge in [-0.3, -0.25) is 9.59 Å². The Bertz CT molecular complexity index is 990. The van der Waals surface area contributed by atoms with Gasteiger partial charge in [0, 0.05) is 0 Å². The minimum absolute atomic E-state index is 0.194. The maximum atomic E-state index is 12.5. The van der Waals surface area contributed by atoms with E-state index >= 15 is 0 Å². The van der Waals surface area contributed by atoms with Gasteiger partial charge in [0.25, 0.3) is 5.91 Å². The Hall–Kier alpha value is -2.87. The van der Waals surface area contributed by atoms with E-state index in [4.69, 9.17) is 4.42 Å². The molecular formula is C16H14N4O3S. The van der Waals surface area contributed by atoms with E-state index in [0.717, 1.165) is 23.5 Å². The van der Waals surface area contributed by atoms with Crippen molar-refractivity contribution in [3.8, 4) is 0 Å². The molecule has 0 saturated carbocycles. The molecule has 0 saturated heterocycles. The van der Waals surface area contributed by atoms with Crippen LogP contribution in [-0.2, 0) is 6.42 Å². The number of aromatic nitrogens is 2. The van der Waals surface area contributed by atoms with Crippen molar-refractivity contribution in [2.45, 2.75) is 20.3 Å². The lowest BCUT2D eigenvalue weighted by molar-refractivity contribution is 0.0958. The van der Waals surface area contributed by atoms with Crippen LogP contribution in [0.2, 0.25) is 0 Å². The number of aryl methyl sites for hydroxylation is 2. The molecule has 0 atom stereocenters. The van der Waals surface area contributed by atoms with E-state index in [2.05, 4.69) is 20.1 Å². The van der Waals surface area contributed by atoms with Crippen molar-refractivity contribution in [3.63, 3.8) is 0 Å². The Balaban J connectivity index is 1.84. The van der Waals surface area contributed by atoms with Gasteiger partial charge in [-0.25, -0.2) is 5.43 Å². The molecule has 7 nitrogen and oxygen atoms in total. The molecule has 1 aromatic carbocycles. The molecular weight excluding hydrogens is 328 g/mol. The van der Waals surface area contributed by atoms with E-state index in [-0.39, 0.29) is 11.0 Å². The number of benzene rings is 1. The second-order valence-corrected chi connectivity index (χ2v) is 5.84. The van der Waals surface area contributed by atoms with Crippen LogP contribution >= 0.6 is 11.5 Å². The summed E-state index contributed by atoms with van der Waals surface area (Å²) in [5.74, 6) is -0.419. The third-order valence-electron chi connectivity index (χ3n) is 3.50. The molecule has 0 bridgehead atoms. The average Bonchev–Trinajstić information content (AvgIpc) is 3.02. The van der Waals surface area contributed by atoms with Gasteiger partial charge in [0.05, 0.1) is 22.9 Å².